The van der Waals surface area contributed by atoms with Crippen molar-refractivity contribution in [2.24, 2.45) is 5.41 Å². The van der Waals surface area contributed by atoms with Crippen LogP contribution in [0.1, 0.15) is 37.9 Å². The van der Waals surface area contributed by atoms with Crippen LogP contribution in [0.2, 0.25) is 0 Å². The molecule has 0 aliphatic rings. The van der Waals surface area contributed by atoms with Gasteiger partial charge in [0.25, 0.3) is 0 Å². The van der Waals surface area contributed by atoms with Crippen molar-refractivity contribution in [2.45, 2.75) is 33.4 Å². The third kappa shape index (κ3) is 6.64. The number of benzene rings is 2. The van der Waals surface area contributed by atoms with Crippen molar-refractivity contribution in [1.29, 1.82) is 0 Å². The van der Waals surface area contributed by atoms with E-state index in [0.717, 1.165) is 11.1 Å². The van der Waals surface area contributed by atoms with Crippen LogP contribution in [-0.2, 0) is 11.3 Å². The number of carbonyl (C=O) groups is 2. The van der Waals surface area contributed by atoms with Gasteiger partial charge in [0.15, 0.2) is 0 Å². The lowest BCUT2D eigenvalue weighted by molar-refractivity contribution is -0.121. The fraction of sp³-hybridized carbons (Fsp3) is 0.333. The van der Waals surface area contributed by atoms with E-state index in [1.54, 1.807) is 24.3 Å². The number of amides is 3. The first kappa shape index (κ1) is 21.3. The molecule has 7 heteroatoms. The Bertz CT molecular complexity index is 800. The quantitative estimate of drug-likeness (QED) is 0.706. The second-order valence-corrected chi connectivity index (χ2v) is 7.58. The number of carbonyl (C=O) groups excluding carboxylic acids is 2. The Kier molecular flexibility index (Phi) is 7.09. The molecule has 0 heterocycles. The van der Waals surface area contributed by atoms with Crippen molar-refractivity contribution >= 4 is 11.9 Å². The Morgan fingerprint density at radius 3 is 1.96 bits per heavy atom. The minimum Gasteiger partial charge on any atom is -0.347 e. The zero-order chi connectivity index (χ0) is 20.7. The molecule has 1 unspecified atom stereocenters. The number of urea groups is 1. The maximum Gasteiger partial charge on any atom is 0.315 e. The summed E-state index contributed by atoms with van der Waals surface area (Å²) in [5.41, 5.74) is 1.21. The molecule has 0 saturated heterocycles. The molecule has 0 bridgehead atoms. The van der Waals surface area contributed by atoms with E-state index < -0.39 is 6.03 Å². The maximum absolute atomic E-state index is 13.2. The van der Waals surface area contributed by atoms with E-state index in [1.807, 2.05) is 20.8 Å². The molecule has 0 aromatic heterocycles. The van der Waals surface area contributed by atoms with E-state index >= 15 is 0 Å². The summed E-state index contributed by atoms with van der Waals surface area (Å²) in [6.45, 7) is 5.90. The van der Waals surface area contributed by atoms with Gasteiger partial charge in [-0.2, -0.15) is 0 Å². The van der Waals surface area contributed by atoms with Gasteiger partial charge in [0.1, 0.15) is 11.6 Å². The maximum atomic E-state index is 13.2. The first-order valence-corrected chi connectivity index (χ1v) is 8.96. The lowest BCUT2D eigenvalue weighted by Gasteiger charge is -2.32. The summed E-state index contributed by atoms with van der Waals surface area (Å²) in [6.07, 6.45) is 0. The van der Waals surface area contributed by atoms with Crippen molar-refractivity contribution in [3.8, 4) is 0 Å². The zero-order valence-corrected chi connectivity index (χ0v) is 16.2. The minimum atomic E-state index is -0.506. The molecule has 5 nitrogen and oxygen atoms in total. The van der Waals surface area contributed by atoms with Gasteiger partial charge in [0, 0.05) is 6.54 Å². The Morgan fingerprint density at radius 1 is 0.893 bits per heavy atom. The van der Waals surface area contributed by atoms with Crippen LogP contribution in [-0.4, -0.2) is 18.5 Å². The number of halogens is 2. The summed E-state index contributed by atoms with van der Waals surface area (Å²) in [6, 6.07) is 10.9. The van der Waals surface area contributed by atoms with Crippen molar-refractivity contribution in [3.63, 3.8) is 0 Å². The van der Waals surface area contributed by atoms with E-state index in [9.17, 15) is 18.4 Å². The van der Waals surface area contributed by atoms with Crippen LogP contribution < -0.4 is 16.0 Å². The molecular weight excluding hydrogens is 364 g/mol. The van der Waals surface area contributed by atoms with Gasteiger partial charge >= 0.3 is 6.03 Å². The fourth-order valence-electron chi connectivity index (χ4n) is 2.67. The number of nitrogens with one attached hydrogen (secondary N) is 3. The van der Waals surface area contributed by atoms with E-state index in [1.165, 1.54) is 24.3 Å². The van der Waals surface area contributed by atoms with E-state index in [2.05, 4.69) is 16.0 Å². The van der Waals surface area contributed by atoms with Gasteiger partial charge in [-0.25, -0.2) is 13.6 Å². The highest BCUT2D eigenvalue weighted by atomic mass is 19.1. The van der Waals surface area contributed by atoms with Gasteiger partial charge in [-0.3, -0.25) is 4.79 Å². The predicted octanol–water partition coefficient (Wildman–Crippen LogP) is 3.67. The molecule has 0 aliphatic carbocycles. The summed E-state index contributed by atoms with van der Waals surface area (Å²) >= 11 is 0. The highest BCUT2D eigenvalue weighted by molar-refractivity contribution is 5.84. The summed E-state index contributed by atoms with van der Waals surface area (Å²) in [5, 5.41) is 7.97. The average Bonchev–Trinajstić information content (AvgIpc) is 2.64. The monoisotopic (exact) mass is 389 g/mol. The molecule has 0 radical (unpaired) electrons. The van der Waals surface area contributed by atoms with E-state index in [4.69, 9.17) is 0 Å². The van der Waals surface area contributed by atoms with Crippen molar-refractivity contribution in [1.82, 2.24) is 16.0 Å². The molecule has 0 spiro atoms. The van der Waals surface area contributed by atoms with Crippen LogP contribution in [0.3, 0.4) is 0 Å². The summed E-state index contributed by atoms with van der Waals surface area (Å²) < 4.78 is 26.0. The van der Waals surface area contributed by atoms with Crippen molar-refractivity contribution in [3.05, 3.63) is 71.3 Å². The second-order valence-electron chi connectivity index (χ2n) is 7.58. The van der Waals surface area contributed by atoms with Crippen molar-refractivity contribution in [2.75, 3.05) is 6.54 Å². The number of hydrogen-bond donors (Lipinski definition) is 3. The summed E-state index contributed by atoms with van der Waals surface area (Å²) in [5.74, 6) is -1.05. The van der Waals surface area contributed by atoms with Gasteiger partial charge in [0.2, 0.25) is 5.91 Å². The molecular formula is C21H25F2N3O2. The van der Waals surface area contributed by atoms with Gasteiger partial charge in [0.05, 0.1) is 12.6 Å². The van der Waals surface area contributed by atoms with Crippen LogP contribution in [0.15, 0.2) is 48.5 Å². The van der Waals surface area contributed by atoms with Gasteiger partial charge in [-0.15, -0.1) is 0 Å². The molecule has 3 N–H and O–H groups in total. The molecule has 2 aromatic rings. The molecule has 2 rings (SSSR count). The van der Waals surface area contributed by atoms with E-state index in [-0.39, 0.29) is 42.1 Å². The Morgan fingerprint density at radius 2 is 1.43 bits per heavy atom. The number of hydrogen-bond acceptors (Lipinski definition) is 2. The Labute approximate surface area is 163 Å². The molecule has 1 atom stereocenters. The summed E-state index contributed by atoms with van der Waals surface area (Å²) in [4.78, 5) is 24.1. The molecule has 150 valence electrons. The lowest BCUT2D eigenvalue weighted by atomic mass is 9.82. The average molecular weight is 389 g/mol. The number of rotatable bonds is 6. The third-order valence-electron chi connectivity index (χ3n) is 4.15. The minimum absolute atomic E-state index is 0.205. The third-order valence-corrected chi connectivity index (χ3v) is 4.15. The molecule has 2 aromatic carbocycles. The predicted molar refractivity (Wildman–Crippen MR) is 103 cm³/mol. The first-order valence-electron chi connectivity index (χ1n) is 8.96. The van der Waals surface area contributed by atoms with Gasteiger partial charge in [-0.05, 0) is 40.8 Å². The smallest absolute Gasteiger partial charge is 0.315 e. The van der Waals surface area contributed by atoms with Crippen molar-refractivity contribution < 1.29 is 18.4 Å². The lowest BCUT2D eigenvalue weighted by Crippen LogP contribution is -2.44. The van der Waals surface area contributed by atoms with Gasteiger partial charge < -0.3 is 16.0 Å². The standard InChI is InChI=1S/C21H25F2N3O2/c1-21(2,3)19(15-6-10-17(23)11-7-15)26-18(27)13-25-20(28)24-12-14-4-8-16(22)9-5-14/h4-11,19H,12-13H2,1-3H3,(H,26,27)(H2,24,25,28). The SMILES string of the molecule is CC(C)(C)C(NC(=O)CNC(=O)NCc1ccc(F)cc1)c1ccc(F)cc1. The Hall–Kier alpha value is -2.96. The Balaban J connectivity index is 1.85. The van der Waals surface area contributed by atoms with Crippen LogP contribution in [0.25, 0.3) is 0 Å². The molecule has 28 heavy (non-hydrogen) atoms. The topological polar surface area (TPSA) is 70.2 Å². The molecule has 0 fully saturated rings. The van der Waals surface area contributed by atoms with E-state index in [0.29, 0.717) is 0 Å². The molecule has 0 aliphatic heterocycles. The van der Waals surface area contributed by atoms with Crippen LogP contribution in [0.4, 0.5) is 13.6 Å². The van der Waals surface area contributed by atoms with Crippen LogP contribution in [0, 0.1) is 17.0 Å². The highest BCUT2D eigenvalue weighted by Crippen LogP contribution is 2.32. The van der Waals surface area contributed by atoms with Crippen LogP contribution >= 0.6 is 0 Å². The molecule has 3 amide bonds. The molecule has 0 saturated carbocycles. The van der Waals surface area contributed by atoms with Gasteiger partial charge in [-0.1, -0.05) is 45.0 Å². The summed E-state index contributed by atoms with van der Waals surface area (Å²) in [7, 11) is 0. The highest BCUT2D eigenvalue weighted by Gasteiger charge is 2.27. The van der Waals surface area contributed by atoms with Crippen LogP contribution in [0.5, 0.6) is 0 Å². The normalized spacial score (nSPS) is 12.2. The fourth-order valence-corrected chi connectivity index (χ4v) is 2.67. The largest absolute Gasteiger partial charge is 0.347 e. The first-order chi connectivity index (χ1) is 13.1. The zero-order valence-electron chi connectivity index (χ0n) is 16.2. The second kappa shape index (κ2) is 9.30.